The van der Waals surface area contributed by atoms with Crippen molar-refractivity contribution in [2.24, 2.45) is 51.3 Å². The molecule has 8 atom stereocenters. The highest BCUT2D eigenvalue weighted by atomic mass is 35.5. The van der Waals surface area contributed by atoms with E-state index in [2.05, 4.69) is 45.7 Å². The Morgan fingerprint density at radius 2 is 1.78 bits per heavy atom. The molecule has 0 radical (unpaired) electrons. The Morgan fingerprint density at radius 1 is 0.980 bits per heavy atom. The molecule has 0 heterocycles. The van der Waals surface area contributed by atoms with Crippen molar-refractivity contribution in [2.45, 2.75) is 131 Å². The fraction of sp³-hybridized carbons (Fsp3) is 0.644. The van der Waals surface area contributed by atoms with Gasteiger partial charge in [0.15, 0.2) is 0 Å². The fourth-order valence-corrected chi connectivity index (χ4v) is 11.1. The van der Waals surface area contributed by atoms with E-state index in [1.165, 1.54) is 51.4 Å². The van der Waals surface area contributed by atoms with Gasteiger partial charge in [0.2, 0.25) is 0 Å². The van der Waals surface area contributed by atoms with Crippen molar-refractivity contribution in [1.29, 1.82) is 0 Å². The first-order valence-electron chi connectivity index (χ1n) is 20.1. The molecule has 0 spiro atoms. The van der Waals surface area contributed by atoms with Gasteiger partial charge in [-0.3, -0.25) is 9.79 Å². The zero-order chi connectivity index (χ0) is 36.2. The molecule has 6 rings (SSSR count). The number of benzene rings is 2. The Labute approximate surface area is 312 Å². The van der Waals surface area contributed by atoms with Gasteiger partial charge in [0.25, 0.3) is 0 Å². The molecule has 1 unspecified atom stereocenters. The summed E-state index contributed by atoms with van der Waals surface area (Å²) in [5, 5.41) is 11.1. The molecule has 4 aliphatic carbocycles. The summed E-state index contributed by atoms with van der Waals surface area (Å²) in [6.45, 7) is 13.0. The van der Waals surface area contributed by atoms with Gasteiger partial charge in [-0.05, 0) is 141 Å². The maximum Gasteiger partial charge on any atom is 0.306 e. The van der Waals surface area contributed by atoms with Crippen molar-refractivity contribution < 1.29 is 19.4 Å². The Morgan fingerprint density at radius 3 is 2.55 bits per heavy atom. The molecule has 6 heteroatoms. The highest BCUT2D eigenvalue weighted by Gasteiger charge is 2.59. The summed E-state index contributed by atoms with van der Waals surface area (Å²) in [6, 6.07) is 12.4. The van der Waals surface area contributed by atoms with Crippen molar-refractivity contribution in [1.82, 2.24) is 0 Å². The molecule has 4 aliphatic rings. The molecule has 0 saturated heterocycles. The molecule has 0 amide bonds. The van der Waals surface area contributed by atoms with Gasteiger partial charge in [-0.15, -0.1) is 0 Å². The third-order valence-electron chi connectivity index (χ3n) is 13.8. The van der Waals surface area contributed by atoms with E-state index in [9.17, 15) is 9.90 Å². The number of fused-ring (bicyclic) bond motifs is 5. The fourth-order valence-electron chi connectivity index (χ4n) is 11.0. The van der Waals surface area contributed by atoms with E-state index in [4.69, 9.17) is 21.1 Å². The van der Waals surface area contributed by atoms with Crippen molar-refractivity contribution in [3.8, 4) is 11.5 Å². The van der Waals surface area contributed by atoms with Crippen LogP contribution in [0.5, 0.6) is 11.5 Å². The number of hydrogen-bond donors (Lipinski definition) is 1. The highest BCUT2D eigenvalue weighted by Crippen LogP contribution is 2.67. The smallest absolute Gasteiger partial charge is 0.306 e. The first kappa shape index (κ1) is 38.0. The number of phenols is 1. The molecule has 2 aromatic carbocycles. The lowest BCUT2D eigenvalue weighted by molar-refractivity contribution is -0.151. The average molecular weight is 716 g/mol. The monoisotopic (exact) mass is 715 g/mol. The number of carbonyl (C=O) groups is 1. The molecule has 3 fully saturated rings. The van der Waals surface area contributed by atoms with Gasteiger partial charge in [-0.2, -0.15) is 0 Å². The van der Waals surface area contributed by atoms with Crippen molar-refractivity contribution >= 4 is 29.5 Å². The van der Waals surface area contributed by atoms with E-state index < -0.39 is 0 Å². The summed E-state index contributed by atoms with van der Waals surface area (Å²) < 4.78 is 11.9. The first-order chi connectivity index (χ1) is 24.5. The minimum atomic E-state index is -0.0900. The normalized spacial score (nSPS) is 30.7. The van der Waals surface area contributed by atoms with Crippen LogP contribution in [0, 0.1) is 46.3 Å². The highest BCUT2D eigenvalue weighted by molar-refractivity contribution is 6.30. The standard InChI is InChI=1S/C45H62ClNO4/c1-30(2)9-8-10-31(3)39-20-21-40-38-19-13-33-27-37(22-24-44(33,4)41(38)23-25-45(39,40)5)51-43(49)11-6-7-26-50-36-18-12-32(42(48)28-36)29-47-35-16-14-34(46)15-17-35/h12-18,28-31,37-41,48H,6-11,19-27H2,1-5H3/t31-,37?,38+,39-,40+,41+,44+,45-/m1/s1. The lowest BCUT2D eigenvalue weighted by Crippen LogP contribution is -2.51. The number of hydrogen-bond acceptors (Lipinski definition) is 5. The molecule has 1 N–H and O–H groups in total. The molecule has 5 nitrogen and oxygen atoms in total. The molecule has 3 saturated carbocycles. The topological polar surface area (TPSA) is 68.1 Å². The van der Waals surface area contributed by atoms with Crippen LogP contribution in [-0.4, -0.2) is 30.0 Å². The van der Waals surface area contributed by atoms with Gasteiger partial charge in [0.1, 0.15) is 17.6 Å². The number of halogens is 1. The number of esters is 1. The van der Waals surface area contributed by atoms with E-state index in [0.717, 1.165) is 66.9 Å². The van der Waals surface area contributed by atoms with Crippen LogP contribution in [0.3, 0.4) is 0 Å². The largest absolute Gasteiger partial charge is 0.507 e. The zero-order valence-electron chi connectivity index (χ0n) is 31.8. The number of aromatic hydroxyl groups is 1. The lowest BCUT2D eigenvalue weighted by atomic mass is 9.47. The predicted molar refractivity (Wildman–Crippen MR) is 209 cm³/mol. The third kappa shape index (κ3) is 8.72. The van der Waals surface area contributed by atoms with E-state index >= 15 is 0 Å². The lowest BCUT2D eigenvalue weighted by Gasteiger charge is -2.58. The van der Waals surface area contributed by atoms with Crippen LogP contribution >= 0.6 is 11.6 Å². The minimum absolute atomic E-state index is 0.00533. The Kier molecular flexibility index (Phi) is 12.3. The Balaban J connectivity index is 0.929. The molecule has 0 aromatic heterocycles. The summed E-state index contributed by atoms with van der Waals surface area (Å²) >= 11 is 5.94. The molecule has 278 valence electrons. The Hall–Kier alpha value is -2.79. The van der Waals surface area contributed by atoms with E-state index in [0.29, 0.717) is 41.2 Å². The van der Waals surface area contributed by atoms with Crippen LogP contribution < -0.4 is 4.74 Å². The minimum Gasteiger partial charge on any atom is -0.507 e. The quantitative estimate of drug-likeness (QED) is 0.0915. The van der Waals surface area contributed by atoms with Crippen molar-refractivity contribution in [3.05, 3.63) is 64.7 Å². The summed E-state index contributed by atoms with van der Waals surface area (Å²) in [5.41, 5.74) is 3.71. The van der Waals surface area contributed by atoms with Crippen LogP contribution in [0.1, 0.15) is 130 Å². The maximum absolute atomic E-state index is 12.9. The van der Waals surface area contributed by atoms with E-state index in [1.54, 1.807) is 36.1 Å². The zero-order valence-corrected chi connectivity index (χ0v) is 32.6. The SMILES string of the molecule is CC(C)CCC[C@@H](C)[C@H]1CC[C@H]2[C@@H]3CC=C4CC(OC(=O)CCCCOc5ccc(C=Nc6ccc(Cl)cc6)c(O)c5)CC[C@]4(C)[C@H]3CC[C@]12C. The van der Waals surface area contributed by atoms with Gasteiger partial charge in [-0.25, -0.2) is 0 Å². The summed E-state index contributed by atoms with van der Waals surface area (Å²) in [6.07, 6.45) is 20.1. The number of aliphatic imine (C=N–C) groups is 1. The van der Waals surface area contributed by atoms with E-state index in [1.807, 2.05) is 18.2 Å². The second kappa shape index (κ2) is 16.5. The van der Waals surface area contributed by atoms with Gasteiger partial charge >= 0.3 is 5.97 Å². The molecule has 2 aromatic rings. The number of rotatable bonds is 14. The van der Waals surface area contributed by atoms with Crippen LogP contribution in [0.15, 0.2) is 59.1 Å². The van der Waals surface area contributed by atoms with Crippen LogP contribution in [0.2, 0.25) is 5.02 Å². The van der Waals surface area contributed by atoms with Crippen LogP contribution in [0.25, 0.3) is 0 Å². The summed E-state index contributed by atoms with van der Waals surface area (Å²) in [5.74, 6) is 5.63. The first-order valence-corrected chi connectivity index (χ1v) is 20.5. The second-order valence-electron chi connectivity index (χ2n) is 17.4. The molecule has 51 heavy (non-hydrogen) atoms. The molecular formula is C45H62ClNO4. The Bertz CT molecular complexity index is 1550. The van der Waals surface area contributed by atoms with Gasteiger partial charge in [0.05, 0.1) is 12.3 Å². The number of unbranched alkanes of at least 4 members (excludes halogenated alkanes) is 1. The maximum atomic E-state index is 12.9. The van der Waals surface area contributed by atoms with Gasteiger partial charge in [0, 0.05) is 35.7 Å². The summed E-state index contributed by atoms with van der Waals surface area (Å²) in [7, 11) is 0. The van der Waals surface area contributed by atoms with Gasteiger partial charge in [-0.1, -0.05) is 77.1 Å². The number of carbonyl (C=O) groups excluding carboxylic acids is 1. The molecule has 0 bridgehead atoms. The molecular weight excluding hydrogens is 654 g/mol. The van der Waals surface area contributed by atoms with Crippen molar-refractivity contribution in [3.63, 3.8) is 0 Å². The predicted octanol–water partition coefficient (Wildman–Crippen LogP) is 12.3. The second-order valence-corrected chi connectivity index (χ2v) is 17.8. The number of allylic oxidation sites excluding steroid dienone is 1. The van der Waals surface area contributed by atoms with Gasteiger partial charge < -0.3 is 14.6 Å². The van der Waals surface area contributed by atoms with Crippen LogP contribution in [0.4, 0.5) is 5.69 Å². The van der Waals surface area contributed by atoms with Crippen LogP contribution in [-0.2, 0) is 9.53 Å². The third-order valence-corrected chi connectivity index (χ3v) is 14.0. The number of nitrogens with zero attached hydrogens (tertiary/aromatic N) is 1. The van der Waals surface area contributed by atoms with E-state index in [-0.39, 0.29) is 23.2 Å². The number of ether oxygens (including phenoxy) is 2. The average Bonchev–Trinajstić information content (AvgIpc) is 3.46. The number of phenolic OH excluding ortho intramolecular Hbond substituents is 1. The molecule has 0 aliphatic heterocycles. The summed E-state index contributed by atoms with van der Waals surface area (Å²) in [4.78, 5) is 17.3. The van der Waals surface area contributed by atoms with Crippen molar-refractivity contribution in [2.75, 3.05) is 6.61 Å².